The van der Waals surface area contributed by atoms with E-state index in [0.29, 0.717) is 11.5 Å². The number of hydrogen-bond donors (Lipinski definition) is 1. The van der Waals surface area contributed by atoms with Crippen molar-refractivity contribution in [1.82, 2.24) is 4.72 Å². The van der Waals surface area contributed by atoms with Crippen molar-refractivity contribution in [3.8, 4) is 0 Å². The second-order valence-corrected chi connectivity index (χ2v) is 6.95. The first-order valence-electron chi connectivity index (χ1n) is 6.72. The fraction of sp³-hybridized carbons (Fsp3) is 0.250. The molecule has 0 saturated carbocycles. The molecular weight excluding hydrogens is 289 g/mol. The average Bonchev–Trinajstić information content (AvgIpc) is 2.45. The summed E-state index contributed by atoms with van der Waals surface area (Å²) in [4.78, 5) is 0.211. The molecule has 0 aliphatic carbocycles. The van der Waals surface area contributed by atoms with E-state index in [0.717, 1.165) is 5.56 Å². The number of benzene rings is 2. The van der Waals surface area contributed by atoms with Gasteiger partial charge in [-0.2, -0.15) is 0 Å². The Labute approximate surface area is 124 Å². The Morgan fingerprint density at radius 1 is 1.10 bits per heavy atom. The summed E-state index contributed by atoms with van der Waals surface area (Å²) >= 11 is 0. The molecule has 0 radical (unpaired) electrons. The summed E-state index contributed by atoms with van der Waals surface area (Å²) in [6, 6.07) is 12.6. The number of rotatable bonds is 5. The van der Waals surface area contributed by atoms with E-state index in [1.165, 1.54) is 12.1 Å². The van der Waals surface area contributed by atoms with E-state index < -0.39 is 10.0 Å². The van der Waals surface area contributed by atoms with Crippen molar-refractivity contribution in [3.63, 3.8) is 0 Å². The highest BCUT2D eigenvalue weighted by Crippen LogP contribution is 2.17. The van der Waals surface area contributed by atoms with Crippen LogP contribution in [0.5, 0.6) is 0 Å². The van der Waals surface area contributed by atoms with E-state index in [1.807, 2.05) is 13.8 Å². The maximum absolute atomic E-state index is 13.1. The predicted molar refractivity (Wildman–Crippen MR) is 81.0 cm³/mol. The van der Waals surface area contributed by atoms with Gasteiger partial charge in [0.2, 0.25) is 10.0 Å². The van der Waals surface area contributed by atoms with Crippen molar-refractivity contribution in [3.05, 3.63) is 65.5 Å². The standard InChI is InChI=1S/C16H18FNO2S/c1-12(2)14-6-8-16(9-7-14)21(19,20)18-11-13-4-3-5-15(17)10-13/h3-10,12,18H,11H2,1-2H3. The molecule has 0 spiro atoms. The van der Waals surface area contributed by atoms with Crippen LogP contribution >= 0.6 is 0 Å². The molecule has 0 fully saturated rings. The van der Waals surface area contributed by atoms with E-state index in [4.69, 9.17) is 0 Å². The van der Waals surface area contributed by atoms with E-state index in [9.17, 15) is 12.8 Å². The molecule has 0 saturated heterocycles. The van der Waals surface area contributed by atoms with Crippen LogP contribution in [0, 0.1) is 5.82 Å². The number of halogens is 1. The minimum absolute atomic E-state index is 0.0615. The van der Waals surface area contributed by atoms with Crippen molar-refractivity contribution >= 4 is 10.0 Å². The molecule has 1 N–H and O–H groups in total. The van der Waals surface area contributed by atoms with Gasteiger partial charge in [-0.15, -0.1) is 0 Å². The van der Waals surface area contributed by atoms with Crippen molar-refractivity contribution in [2.24, 2.45) is 0 Å². The SMILES string of the molecule is CC(C)c1ccc(S(=O)(=O)NCc2cccc(F)c2)cc1. The lowest BCUT2D eigenvalue weighted by atomic mass is 10.0. The maximum Gasteiger partial charge on any atom is 0.240 e. The molecule has 0 bridgehead atoms. The fourth-order valence-electron chi connectivity index (χ4n) is 1.94. The molecule has 0 aliphatic rings. The van der Waals surface area contributed by atoms with Gasteiger partial charge in [-0.05, 0) is 41.3 Å². The van der Waals surface area contributed by atoms with Crippen LogP contribution in [0.25, 0.3) is 0 Å². The molecule has 0 atom stereocenters. The molecule has 2 aromatic carbocycles. The third-order valence-corrected chi connectivity index (χ3v) is 4.63. The zero-order valence-corrected chi connectivity index (χ0v) is 12.8. The summed E-state index contributed by atoms with van der Waals surface area (Å²) < 4.78 is 39.9. The third kappa shape index (κ3) is 4.12. The van der Waals surface area contributed by atoms with Gasteiger partial charge in [0.15, 0.2) is 0 Å². The van der Waals surface area contributed by atoms with Crippen LogP contribution in [0.1, 0.15) is 30.9 Å². The molecular formula is C16H18FNO2S. The first-order valence-corrected chi connectivity index (χ1v) is 8.21. The van der Waals surface area contributed by atoms with Crippen LogP contribution in [-0.2, 0) is 16.6 Å². The summed E-state index contributed by atoms with van der Waals surface area (Å²) in [5.74, 6) is -0.0324. The zero-order chi connectivity index (χ0) is 15.5. The van der Waals surface area contributed by atoms with Gasteiger partial charge in [0.1, 0.15) is 5.82 Å². The topological polar surface area (TPSA) is 46.2 Å². The maximum atomic E-state index is 13.1. The van der Waals surface area contributed by atoms with Gasteiger partial charge < -0.3 is 0 Å². The molecule has 0 heterocycles. The molecule has 2 aromatic rings. The monoisotopic (exact) mass is 307 g/mol. The highest BCUT2D eigenvalue weighted by atomic mass is 32.2. The molecule has 5 heteroatoms. The number of nitrogens with one attached hydrogen (secondary N) is 1. The van der Waals surface area contributed by atoms with E-state index in [-0.39, 0.29) is 17.3 Å². The number of hydrogen-bond acceptors (Lipinski definition) is 2. The van der Waals surface area contributed by atoms with E-state index in [2.05, 4.69) is 4.72 Å². The van der Waals surface area contributed by atoms with E-state index >= 15 is 0 Å². The van der Waals surface area contributed by atoms with Crippen molar-refractivity contribution in [2.75, 3.05) is 0 Å². The van der Waals surface area contributed by atoms with Gasteiger partial charge >= 0.3 is 0 Å². The molecule has 112 valence electrons. The van der Waals surface area contributed by atoms with E-state index in [1.54, 1.807) is 36.4 Å². The van der Waals surface area contributed by atoms with Crippen LogP contribution in [0.4, 0.5) is 4.39 Å². The summed E-state index contributed by atoms with van der Waals surface area (Å²) in [6.45, 7) is 4.16. The lowest BCUT2D eigenvalue weighted by Gasteiger charge is -2.09. The highest BCUT2D eigenvalue weighted by molar-refractivity contribution is 7.89. The minimum atomic E-state index is -3.59. The molecule has 21 heavy (non-hydrogen) atoms. The Bertz CT molecular complexity index is 709. The molecule has 3 nitrogen and oxygen atoms in total. The number of sulfonamides is 1. The second-order valence-electron chi connectivity index (χ2n) is 5.18. The lowest BCUT2D eigenvalue weighted by Crippen LogP contribution is -2.23. The highest BCUT2D eigenvalue weighted by Gasteiger charge is 2.14. The van der Waals surface area contributed by atoms with Gasteiger partial charge in [-0.25, -0.2) is 17.5 Å². The van der Waals surface area contributed by atoms with Crippen LogP contribution in [0.15, 0.2) is 53.4 Å². The van der Waals surface area contributed by atoms with Crippen molar-refractivity contribution < 1.29 is 12.8 Å². The smallest absolute Gasteiger partial charge is 0.207 e. The molecule has 0 aliphatic heterocycles. The second kappa shape index (κ2) is 6.37. The predicted octanol–water partition coefficient (Wildman–Crippen LogP) is 3.43. The Morgan fingerprint density at radius 2 is 1.76 bits per heavy atom. The Morgan fingerprint density at radius 3 is 2.33 bits per heavy atom. The zero-order valence-electron chi connectivity index (χ0n) is 12.0. The summed E-state index contributed by atoms with van der Waals surface area (Å²) in [5.41, 5.74) is 1.66. The minimum Gasteiger partial charge on any atom is -0.207 e. The molecule has 0 unspecified atom stereocenters. The first-order chi connectivity index (χ1) is 9.88. The van der Waals surface area contributed by atoms with Crippen molar-refractivity contribution in [2.45, 2.75) is 31.2 Å². The van der Waals surface area contributed by atoms with Gasteiger partial charge in [0, 0.05) is 6.54 Å². The molecule has 0 aromatic heterocycles. The van der Waals surface area contributed by atoms with Crippen LogP contribution in [-0.4, -0.2) is 8.42 Å². The fourth-order valence-corrected chi connectivity index (χ4v) is 2.96. The van der Waals surface area contributed by atoms with Gasteiger partial charge in [0.25, 0.3) is 0 Å². The normalized spacial score (nSPS) is 11.8. The van der Waals surface area contributed by atoms with Gasteiger partial charge in [-0.3, -0.25) is 0 Å². The van der Waals surface area contributed by atoms with Gasteiger partial charge in [0.05, 0.1) is 4.90 Å². The average molecular weight is 307 g/mol. The third-order valence-electron chi connectivity index (χ3n) is 3.21. The van der Waals surface area contributed by atoms with Crippen LogP contribution in [0.3, 0.4) is 0 Å². The quantitative estimate of drug-likeness (QED) is 0.920. The van der Waals surface area contributed by atoms with Crippen molar-refractivity contribution in [1.29, 1.82) is 0 Å². The summed E-state index contributed by atoms with van der Waals surface area (Å²) in [7, 11) is -3.59. The first kappa shape index (κ1) is 15.7. The molecule has 2 rings (SSSR count). The lowest BCUT2D eigenvalue weighted by molar-refractivity contribution is 0.580. The van der Waals surface area contributed by atoms with Crippen LogP contribution < -0.4 is 4.72 Å². The van der Waals surface area contributed by atoms with Crippen LogP contribution in [0.2, 0.25) is 0 Å². The summed E-state index contributed by atoms with van der Waals surface area (Å²) in [5, 5.41) is 0. The Hall–Kier alpha value is -1.72. The Kier molecular flexibility index (Phi) is 4.75. The molecule has 0 amide bonds. The van der Waals surface area contributed by atoms with Gasteiger partial charge in [-0.1, -0.05) is 38.1 Å². The summed E-state index contributed by atoms with van der Waals surface area (Å²) in [6.07, 6.45) is 0. The largest absolute Gasteiger partial charge is 0.240 e. The Balaban J connectivity index is 2.11.